The summed E-state index contributed by atoms with van der Waals surface area (Å²) in [5.41, 5.74) is -0.184. The number of carbonyl (C=O) groups is 2. The third-order valence-electron chi connectivity index (χ3n) is 3.93. The number of benzene rings is 1. The summed E-state index contributed by atoms with van der Waals surface area (Å²) < 4.78 is 31.3. The van der Waals surface area contributed by atoms with Gasteiger partial charge in [0.1, 0.15) is 11.6 Å². The highest BCUT2D eigenvalue weighted by Gasteiger charge is 2.26. The fraction of sp³-hybridized carbons (Fsp3) is 0.500. The number of hydrogen-bond acceptors (Lipinski definition) is 4. The van der Waals surface area contributed by atoms with E-state index in [2.05, 4.69) is 10.1 Å². The molecule has 0 aliphatic carbocycles. The van der Waals surface area contributed by atoms with Gasteiger partial charge in [-0.15, -0.1) is 0 Å². The molecule has 23 heavy (non-hydrogen) atoms. The zero-order valence-corrected chi connectivity index (χ0v) is 13.0. The number of rotatable bonds is 5. The van der Waals surface area contributed by atoms with Crippen LogP contribution in [0.2, 0.25) is 0 Å². The fourth-order valence-electron chi connectivity index (χ4n) is 2.74. The number of likely N-dealkylation sites (tertiary alicyclic amines) is 1. The van der Waals surface area contributed by atoms with Gasteiger partial charge >= 0.3 is 5.97 Å². The zero-order chi connectivity index (χ0) is 16.8. The first-order valence-electron chi connectivity index (χ1n) is 7.55. The molecule has 2 rings (SSSR count). The lowest BCUT2D eigenvalue weighted by Gasteiger charge is -2.34. The highest BCUT2D eigenvalue weighted by molar-refractivity contribution is 5.92. The Balaban J connectivity index is 1.96. The third-order valence-corrected chi connectivity index (χ3v) is 3.93. The van der Waals surface area contributed by atoms with Crippen LogP contribution in [-0.4, -0.2) is 43.0 Å². The normalized spacial score (nSPS) is 18.5. The summed E-state index contributed by atoms with van der Waals surface area (Å²) in [6.45, 7) is 0.707. The molecule has 1 aliphatic rings. The van der Waals surface area contributed by atoms with Crippen molar-refractivity contribution in [3.63, 3.8) is 0 Å². The lowest BCUT2D eigenvalue weighted by atomic mass is 9.99. The minimum atomic E-state index is -0.690. The molecule has 0 saturated carbocycles. The maximum atomic E-state index is 13.5. The molecular weight excluding hydrogens is 306 g/mol. The first kappa shape index (κ1) is 17.3. The van der Waals surface area contributed by atoms with Gasteiger partial charge in [-0.05, 0) is 31.5 Å². The third kappa shape index (κ3) is 4.99. The van der Waals surface area contributed by atoms with Gasteiger partial charge in [0.2, 0.25) is 5.91 Å². The standard InChI is InChI=1S/C16H20F2N2O3/c1-23-16(22)9-12-4-2-3-7-20(12)10-15(21)19-14-8-11(17)5-6-13(14)18/h5-6,8,12H,2-4,7,9-10H2,1H3,(H,19,21). The molecule has 1 N–H and O–H groups in total. The Hall–Kier alpha value is -2.02. The van der Waals surface area contributed by atoms with Crippen molar-refractivity contribution >= 4 is 17.6 Å². The number of piperidine rings is 1. The van der Waals surface area contributed by atoms with Crippen LogP contribution >= 0.6 is 0 Å². The maximum absolute atomic E-state index is 13.5. The quantitative estimate of drug-likeness (QED) is 0.844. The first-order chi connectivity index (χ1) is 11.0. The molecule has 126 valence electrons. The Kier molecular flexibility index (Phi) is 6.04. The van der Waals surface area contributed by atoms with E-state index in [0.29, 0.717) is 6.54 Å². The Morgan fingerprint density at radius 1 is 1.35 bits per heavy atom. The smallest absolute Gasteiger partial charge is 0.307 e. The second kappa shape index (κ2) is 8.01. The van der Waals surface area contributed by atoms with Crippen molar-refractivity contribution in [3.05, 3.63) is 29.8 Å². The van der Waals surface area contributed by atoms with Crippen molar-refractivity contribution in [2.75, 3.05) is 25.5 Å². The Bertz CT molecular complexity index is 580. The highest BCUT2D eigenvalue weighted by Crippen LogP contribution is 2.20. The number of hydrogen-bond donors (Lipinski definition) is 1. The predicted molar refractivity (Wildman–Crippen MR) is 80.8 cm³/mol. The topological polar surface area (TPSA) is 58.6 Å². The van der Waals surface area contributed by atoms with Crippen LogP contribution < -0.4 is 5.32 Å². The summed E-state index contributed by atoms with van der Waals surface area (Å²) >= 11 is 0. The number of methoxy groups -OCH3 is 1. The molecule has 0 bridgehead atoms. The van der Waals surface area contributed by atoms with E-state index in [1.54, 1.807) is 0 Å². The van der Waals surface area contributed by atoms with Gasteiger partial charge in [-0.1, -0.05) is 6.42 Å². The molecule has 1 saturated heterocycles. The van der Waals surface area contributed by atoms with Crippen LogP contribution in [0.3, 0.4) is 0 Å². The van der Waals surface area contributed by atoms with Crippen molar-refractivity contribution in [3.8, 4) is 0 Å². The van der Waals surface area contributed by atoms with Gasteiger partial charge in [-0.2, -0.15) is 0 Å². The van der Waals surface area contributed by atoms with Crippen LogP contribution in [-0.2, 0) is 14.3 Å². The van der Waals surface area contributed by atoms with Crippen LogP contribution in [0.1, 0.15) is 25.7 Å². The van der Waals surface area contributed by atoms with E-state index in [4.69, 9.17) is 0 Å². The molecule has 7 heteroatoms. The molecule has 1 aromatic rings. The largest absolute Gasteiger partial charge is 0.469 e. The Morgan fingerprint density at radius 2 is 2.13 bits per heavy atom. The Morgan fingerprint density at radius 3 is 2.87 bits per heavy atom. The van der Waals surface area contributed by atoms with Crippen molar-refractivity contribution in [2.24, 2.45) is 0 Å². The fourth-order valence-corrected chi connectivity index (χ4v) is 2.74. The molecule has 0 aromatic heterocycles. The summed E-state index contributed by atoms with van der Waals surface area (Å²) in [5, 5.41) is 2.37. The van der Waals surface area contributed by atoms with Crippen molar-refractivity contribution < 1.29 is 23.1 Å². The van der Waals surface area contributed by atoms with Crippen LogP contribution in [0.25, 0.3) is 0 Å². The average molecular weight is 326 g/mol. The number of nitrogens with zero attached hydrogens (tertiary/aromatic N) is 1. The van der Waals surface area contributed by atoms with Gasteiger partial charge in [0, 0.05) is 12.1 Å². The summed E-state index contributed by atoms with van der Waals surface area (Å²) in [6, 6.07) is 2.82. The average Bonchev–Trinajstić information content (AvgIpc) is 2.52. The predicted octanol–water partition coefficient (Wildman–Crippen LogP) is 2.32. The molecule has 1 aliphatic heterocycles. The lowest BCUT2D eigenvalue weighted by Crippen LogP contribution is -2.45. The van der Waals surface area contributed by atoms with Gasteiger partial charge in [-0.25, -0.2) is 8.78 Å². The highest BCUT2D eigenvalue weighted by atomic mass is 19.1. The van der Waals surface area contributed by atoms with E-state index in [-0.39, 0.29) is 30.7 Å². The number of carbonyl (C=O) groups excluding carboxylic acids is 2. The maximum Gasteiger partial charge on any atom is 0.307 e. The number of amides is 1. The minimum Gasteiger partial charge on any atom is -0.469 e. The molecule has 1 unspecified atom stereocenters. The van der Waals surface area contributed by atoms with E-state index in [9.17, 15) is 18.4 Å². The van der Waals surface area contributed by atoms with Crippen molar-refractivity contribution in [2.45, 2.75) is 31.7 Å². The van der Waals surface area contributed by atoms with Crippen molar-refractivity contribution in [1.82, 2.24) is 4.90 Å². The van der Waals surface area contributed by atoms with Gasteiger partial charge in [0.25, 0.3) is 0 Å². The molecule has 1 amide bonds. The van der Waals surface area contributed by atoms with Gasteiger partial charge in [0.05, 0.1) is 25.8 Å². The van der Waals surface area contributed by atoms with Crippen LogP contribution in [0.4, 0.5) is 14.5 Å². The second-order valence-electron chi connectivity index (χ2n) is 5.57. The van der Waals surface area contributed by atoms with E-state index < -0.39 is 17.5 Å². The molecule has 1 atom stereocenters. The summed E-state index contributed by atoms with van der Waals surface area (Å²) in [7, 11) is 1.33. The van der Waals surface area contributed by atoms with Gasteiger partial charge < -0.3 is 10.1 Å². The first-order valence-corrected chi connectivity index (χ1v) is 7.55. The van der Waals surface area contributed by atoms with Crippen LogP contribution in [0.15, 0.2) is 18.2 Å². The molecule has 1 fully saturated rings. The number of halogens is 2. The van der Waals surface area contributed by atoms with Crippen LogP contribution in [0, 0.1) is 11.6 Å². The molecule has 0 spiro atoms. The monoisotopic (exact) mass is 326 g/mol. The van der Waals surface area contributed by atoms with Crippen LogP contribution in [0.5, 0.6) is 0 Å². The number of anilines is 1. The van der Waals surface area contributed by atoms with Gasteiger partial charge in [-0.3, -0.25) is 14.5 Å². The van der Waals surface area contributed by atoms with E-state index in [0.717, 1.165) is 37.5 Å². The Labute approximate surface area is 133 Å². The van der Waals surface area contributed by atoms with Crippen molar-refractivity contribution in [1.29, 1.82) is 0 Å². The molecule has 5 nitrogen and oxygen atoms in total. The molecule has 1 aromatic carbocycles. The van der Waals surface area contributed by atoms with Gasteiger partial charge in [0.15, 0.2) is 0 Å². The molecule has 0 radical (unpaired) electrons. The molecular formula is C16H20F2N2O3. The van der Waals surface area contributed by atoms with E-state index >= 15 is 0 Å². The second-order valence-corrected chi connectivity index (χ2v) is 5.57. The summed E-state index contributed by atoms with van der Waals surface area (Å²) in [6.07, 6.45) is 2.94. The lowest BCUT2D eigenvalue weighted by molar-refractivity contribution is -0.142. The molecule has 1 heterocycles. The van der Waals surface area contributed by atoms with E-state index in [1.165, 1.54) is 7.11 Å². The number of ether oxygens (including phenoxy) is 1. The number of nitrogens with one attached hydrogen (secondary N) is 1. The minimum absolute atomic E-state index is 0.0254. The summed E-state index contributed by atoms with van der Waals surface area (Å²) in [4.78, 5) is 25.4. The zero-order valence-electron chi connectivity index (χ0n) is 13.0. The number of esters is 1. The SMILES string of the molecule is COC(=O)CC1CCCCN1CC(=O)Nc1cc(F)ccc1F. The summed E-state index contributed by atoms with van der Waals surface area (Å²) in [5.74, 6) is -2.07. The van der Waals surface area contributed by atoms with E-state index in [1.807, 2.05) is 4.90 Å².